The van der Waals surface area contributed by atoms with E-state index >= 15 is 0 Å². The Morgan fingerprint density at radius 1 is 1.33 bits per heavy atom. The Balaban J connectivity index is 3.24. The molecular weight excluding hydrogens is 288 g/mol. The molecule has 0 heterocycles. The Hall–Kier alpha value is -1.20. The van der Waals surface area contributed by atoms with Gasteiger partial charge in [0, 0.05) is 5.41 Å². The third kappa shape index (κ3) is 4.14. The van der Waals surface area contributed by atoms with Crippen molar-refractivity contribution in [3.63, 3.8) is 0 Å². The summed E-state index contributed by atoms with van der Waals surface area (Å²) in [5, 5.41) is 0. The van der Waals surface area contributed by atoms with Gasteiger partial charge in [-0.2, -0.15) is 0 Å². The average Bonchev–Trinajstić information content (AvgIpc) is 2.45. The highest BCUT2D eigenvalue weighted by Crippen LogP contribution is 2.38. The molecule has 0 aliphatic rings. The van der Waals surface area contributed by atoms with Crippen LogP contribution in [0.2, 0.25) is 0 Å². The van der Waals surface area contributed by atoms with Crippen LogP contribution in [-0.2, 0) is 21.2 Å². The summed E-state index contributed by atoms with van der Waals surface area (Å²) in [4.78, 5) is 11.5. The van der Waals surface area contributed by atoms with Gasteiger partial charge in [0.2, 0.25) is 0 Å². The molecule has 0 amide bonds. The lowest BCUT2D eigenvalue weighted by molar-refractivity contribution is 0.0600. The standard InChI is InChI=1S/C16H24O4S/c1-5-10-16(12(2)3,11-21(18)19)14-8-6-13(7-9-14)15(17)20-4/h6-9,12H,5,10-11H2,1-4H3,(H,18,19). The topological polar surface area (TPSA) is 63.6 Å². The molecule has 1 rings (SSSR count). The summed E-state index contributed by atoms with van der Waals surface area (Å²) in [6.45, 7) is 6.20. The normalized spacial score (nSPS) is 15.5. The highest BCUT2D eigenvalue weighted by Gasteiger charge is 2.36. The van der Waals surface area contributed by atoms with Gasteiger partial charge >= 0.3 is 5.97 Å². The van der Waals surface area contributed by atoms with E-state index in [1.807, 2.05) is 12.1 Å². The fourth-order valence-electron chi connectivity index (χ4n) is 2.81. The minimum atomic E-state index is -1.86. The van der Waals surface area contributed by atoms with Crippen molar-refractivity contribution < 1.29 is 18.3 Å². The summed E-state index contributed by atoms with van der Waals surface area (Å²) in [6.07, 6.45) is 1.75. The summed E-state index contributed by atoms with van der Waals surface area (Å²) < 4.78 is 25.5. The van der Waals surface area contributed by atoms with Crippen LogP contribution in [0.25, 0.3) is 0 Å². The SMILES string of the molecule is CCCC(CS(=O)O)(c1ccc(C(=O)OC)cc1)C(C)C. The molecule has 0 radical (unpaired) electrons. The minimum Gasteiger partial charge on any atom is -0.465 e. The molecule has 5 heteroatoms. The molecular formula is C16H24O4S. The van der Waals surface area contributed by atoms with E-state index < -0.39 is 11.1 Å². The smallest absolute Gasteiger partial charge is 0.337 e. The molecule has 2 unspecified atom stereocenters. The summed E-state index contributed by atoms with van der Waals surface area (Å²) in [5.41, 5.74) is 1.12. The summed E-state index contributed by atoms with van der Waals surface area (Å²) in [7, 11) is 1.35. The average molecular weight is 312 g/mol. The fourth-order valence-corrected chi connectivity index (χ4v) is 3.90. The van der Waals surface area contributed by atoms with Gasteiger partial charge < -0.3 is 9.29 Å². The van der Waals surface area contributed by atoms with Crippen LogP contribution in [0, 0.1) is 5.92 Å². The van der Waals surface area contributed by atoms with Gasteiger partial charge in [-0.15, -0.1) is 0 Å². The molecule has 0 bridgehead atoms. The second-order valence-corrected chi connectivity index (χ2v) is 6.53. The van der Waals surface area contributed by atoms with Crippen molar-refractivity contribution in [2.75, 3.05) is 12.9 Å². The molecule has 21 heavy (non-hydrogen) atoms. The van der Waals surface area contributed by atoms with Gasteiger partial charge in [-0.1, -0.05) is 39.3 Å². The van der Waals surface area contributed by atoms with E-state index in [9.17, 15) is 13.6 Å². The Bertz CT molecular complexity index is 496. The van der Waals surface area contributed by atoms with Gasteiger partial charge in [0.25, 0.3) is 0 Å². The molecule has 2 atom stereocenters. The van der Waals surface area contributed by atoms with E-state index in [0.717, 1.165) is 18.4 Å². The van der Waals surface area contributed by atoms with E-state index in [-0.39, 0.29) is 23.1 Å². The number of carbonyl (C=O) groups is 1. The predicted octanol–water partition coefficient (Wildman–Crippen LogP) is 3.39. The van der Waals surface area contributed by atoms with Crippen LogP contribution in [0.15, 0.2) is 24.3 Å². The first-order chi connectivity index (χ1) is 9.87. The lowest BCUT2D eigenvalue weighted by Gasteiger charge is -2.37. The Morgan fingerprint density at radius 3 is 2.29 bits per heavy atom. The van der Waals surface area contributed by atoms with E-state index in [0.29, 0.717) is 5.56 Å². The van der Waals surface area contributed by atoms with Gasteiger partial charge in [0.1, 0.15) is 0 Å². The second-order valence-electron chi connectivity index (χ2n) is 5.60. The quantitative estimate of drug-likeness (QED) is 0.619. The van der Waals surface area contributed by atoms with Gasteiger partial charge in [-0.05, 0) is 30.0 Å². The number of hydrogen-bond acceptors (Lipinski definition) is 3. The maximum absolute atomic E-state index is 11.5. The number of esters is 1. The molecule has 0 saturated carbocycles. The highest BCUT2D eigenvalue weighted by atomic mass is 32.2. The zero-order valence-corrected chi connectivity index (χ0v) is 13.9. The number of rotatable bonds is 7. The molecule has 0 aliphatic carbocycles. The van der Waals surface area contributed by atoms with Crippen LogP contribution in [0.5, 0.6) is 0 Å². The van der Waals surface area contributed by atoms with E-state index in [1.165, 1.54) is 7.11 Å². The van der Waals surface area contributed by atoms with Crippen LogP contribution in [0.4, 0.5) is 0 Å². The van der Waals surface area contributed by atoms with Crippen molar-refractivity contribution in [2.45, 2.75) is 39.0 Å². The summed E-state index contributed by atoms with van der Waals surface area (Å²) >= 11 is -1.86. The van der Waals surface area contributed by atoms with Crippen molar-refractivity contribution in [1.82, 2.24) is 0 Å². The molecule has 0 aliphatic heterocycles. The Morgan fingerprint density at radius 2 is 1.90 bits per heavy atom. The fraction of sp³-hybridized carbons (Fsp3) is 0.562. The summed E-state index contributed by atoms with van der Waals surface area (Å²) in [5.74, 6) is 0.0475. The van der Waals surface area contributed by atoms with Crippen molar-refractivity contribution in [3.05, 3.63) is 35.4 Å². The first-order valence-electron chi connectivity index (χ1n) is 7.13. The molecule has 1 aromatic carbocycles. The van der Waals surface area contributed by atoms with Crippen LogP contribution < -0.4 is 0 Å². The highest BCUT2D eigenvalue weighted by molar-refractivity contribution is 7.79. The molecule has 1 N–H and O–H groups in total. The van der Waals surface area contributed by atoms with Crippen LogP contribution in [0.1, 0.15) is 49.5 Å². The maximum Gasteiger partial charge on any atom is 0.337 e. The van der Waals surface area contributed by atoms with Crippen LogP contribution in [-0.4, -0.2) is 27.6 Å². The first-order valence-corrected chi connectivity index (χ1v) is 8.41. The molecule has 0 spiro atoms. The molecule has 1 aromatic rings. The number of ether oxygens (including phenoxy) is 1. The van der Waals surface area contributed by atoms with E-state index in [1.54, 1.807) is 12.1 Å². The van der Waals surface area contributed by atoms with E-state index in [2.05, 4.69) is 20.8 Å². The largest absolute Gasteiger partial charge is 0.465 e. The van der Waals surface area contributed by atoms with E-state index in [4.69, 9.17) is 4.74 Å². The summed E-state index contributed by atoms with van der Waals surface area (Å²) in [6, 6.07) is 7.17. The van der Waals surface area contributed by atoms with Crippen molar-refractivity contribution in [2.24, 2.45) is 5.92 Å². The molecule has 0 fully saturated rings. The number of methoxy groups -OCH3 is 1. The molecule has 118 valence electrons. The zero-order chi connectivity index (χ0) is 16.0. The zero-order valence-electron chi connectivity index (χ0n) is 13.1. The van der Waals surface area contributed by atoms with Gasteiger partial charge in [-0.3, -0.25) is 0 Å². The Kier molecular flexibility index (Phi) is 6.55. The van der Waals surface area contributed by atoms with Crippen molar-refractivity contribution >= 4 is 17.0 Å². The lowest BCUT2D eigenvalue weighted by atomic mass is 9.70. The van der Waals surface area contributed by atoms with Crippen molar-refractivity contribution in [3.8, 4) is 0 Å². The maximum atomic E-state index is 11.5. The molecule has 0 aromatic heterocycles. The Labute approximate surface area is 129 Å². The van der Waals surface area contributed by atoms with Gasteiger partial charge in [-0.25, -0.2) is 9.00 Å². The second kappa shape index (κ2) is 7.71. The van der Waals surface area contributed by atoms with Gasteiger partial charge in [0.05, 0.1) is 18.4 Å². The van der Waals surface area contributed by atoms with Crippen LogP contribution >= 0.6 is 0 Å². The molecule has 0 saturated heterocycles. The number of hydrogen-bond donors (Lipinski definition) is 1. The third-order valence-electron chi connectivity index (χ3n) is 4.06. The number of benzene rings is 1. The monoisotopic (exact) mass is 312 g/mol. The first kappa shape index (κ1) is 17.9. The predicted molar refractivity (Wildman–Crippen MR) is 84.8 cm³/mol. The lowest BCUT2D eigenvalue weighted by Crippen LogP contribution is -2.38. The number of carbonyl (C=O) groups excluding carboxylic acids is 1. The third-order valence-corrected chi connectivity index (χ3v) is 4.83. The van der Waals surface area contributed by atoms with Crippen LogP contribution in [0.3, 0.4) is 0 Å². The minimum absolute atomic E-state index is 0.204. The van der Waals surface area contributed by atoms with Crippen molar-refractivity contribution in [1.29, 1.82) is 0 Å². The molecule has 4 nitrogen and oxygen atoms in total. The van der Waals surface area contributed by atoms with Gasteiger partial charge in [0.15, 0.2) is 11.1 Å².